The van der Waals surface area contributed by atoms with Crippen LogP contribution in [0.5, 0.6) is 0 Å². The summed E-state index contributed by atoms with van der Waals surface area (Å²) in [4.78, 5) is 26.1. The summed E-state index contributed by atoms with van der Waals surface area (Å²) >= 11 is 0. The number of ketones is 1. The maximum Gasteiger partial charge on any atom is 0.410 e. The van der Waals surface area contributed by atoms with Crippen LogP contribution in [0.4, 0.5) is 4.79 Å². The third kappa shape index (κ3) is 3.82. The number of hydrogen-bond donors (Lipinski definition) is 0. The lowest BCUT2D eigenvalue weighted by atomic mass is 9.88. The molecule has 2 aromatic carbocycles. The molecule has 1 amide bonds. The number of ether oxygens (including phenoxy) is 1. The summed E-state index contributed by atoms with van der Waals surface area (Å²) in [6.07, 6.45) is 0.219. The molecule has 0 aliphatic carbocycles. The molecule has 1 atom stereocenters. The molecule has 1 heterocycles. The van der Waals surface area contributed by atoms with Gasteiger partial charge in [-0.05, 0) is 24.5 Å². The molecule has 0 spiro atoms. The number of carbonyl (C=O) groups is 2. The summed E-state index contributed by atoms with van der Waals surface area (Å²) in [7, 11) is 0. The fraction of sp³-hybridized carbons (Fsp3) is 0.300. The zero-order valence-corrected chi connectivity index (χ0v) is 13.8. The molecule has 24 heavy (non-hydrogen) atoms. The van der Waals surface area contributed by atoms with E-state index < -0.39 is 6.09 Å². The predicted molar refractivity (Wildman–Crippen MR) is 91.7 cm³/mol. The van der Waals surface area contributed by atoms with Crippen LogP contribution in [0.25, 0.3) is 0 Å². The van der Waals surface area contributed by atoms with Crippen LogP contribution in [-0.4, -0.2) is 29.9 Å². The second kappa shape index (κ2) is 7.30. The Balaban J connectivity index is 1.55. The zero-order chi connectivity index (χ0) is 16.9. The van der Waals surface area contributed by atoms with Crippen LogP contribution in [-0.2, 0) is 16.1 Å². The van der Waals surface area contributed by atoms with Gasteiger partial charge in [-0.15, -0.1) is 0 Å². The normalized spacial score (nSPS) is 17.6. The highest BCUT2D eigenvalue weighted by Gasteiger charge is 2.31. The minimum Gasteiger partial charge on any atom is -0.445 e. The van der Waals surface area contributed by atoms with Crippen molar-refractivity contribution in [2.75, 3.05) is 13.1 Å². The molecule has 1 saturated heterocycles. The minimum absolute atomic E-state index is 0.0711. The molecule has 4 nitrogen and oxygen atoms in total. The number of Topliss-reactive ketones (excluding diaryl/α,β-unsaturated/α-hetero) is 1. The van der Waals surface area contributed by atoms with E-state index in [1.807, 2.05) is 61.5 Å². The SMILES string of the molecule is Cc1ccc(C2CCN(C(=O)OCc3ccccc3)CC2=O)cc1. The number of benzene rings is 2. The lowest BCUT2D eigenvalue weighted by Gasteiger charge is -2.30. The average Bonchev–Trinajstić information content (AvgIpc) is 2.61. The molecule has 2 aromatic rings. The van der Waals surface area contributed by atoms with Crippen molar-refractivity contribution in [3.8, 4) is 0 Å². The maximum atomic E-state index is 12.4. The van der Waals surface area contributed by atoms with Crippen LogP contribution in [0.1, 0.15) is 29.0 Å². The van der Waals surface area contributed by atoms with Gasteiger partial charge >= 0.3 is 6.09 Å². The first-order valence-corrected chi connectivity index (χ1v) is 8.18. The van der Waals surface area contributed by atoms with E-state index in [2.05, 4.69) is 0 Å². The van der Waals surface area contributed by atoms with Crippen molar-refractivity contribution in [1.29, 1.82) is 0 Å². The second-order valence-electron chi connectivity index (χ2n) is 6.18. The van der Waals surface area contributed by atoms with Crippen LogP contribution in [0.2, 0.25) is 0 Å². The van der Waals surface area contributed by atoms with E-state index in [0.717, 1.165) is 11.1 Å². The first-order chi connectivity index (χ1) is 11.6. The fourth-order valence-electron chi connectivity index (χ4n) is 2.94. The third-order valence-electron chi connectivity index (χ3n) is 4.37. The molecule has 0 radical (unpaired) electrons. The molecule has 1 aliphatic rings. The molecular formula is C20H21NO3. The predicted octanol–water partition coefficient (Wildman–Crippen LogP) is 3.69. The summed E-state index contributed by atoms with van der Waals surface area (Å²) in [5, 5.41) is 0. The number of likely N-dealkylation sites (tertiary alicyclic amines) is 1. The van der Waals surface area contributed by atoms with Crippen molar-refractivity contribution in [2.24, 2.45) is 0 Å². The van der Waals surface area contributed by atoms with Crippen molar-refractivity contribution in [1.82, 2.24) is 4.90 Å². The Hall–Kier alpha value is -2.62. The van der Waals surface area contributed by atoms with Gasteiger partial charge < -0.3 is 9.64 Å². The van der Waals surface area contributed by atoms with Crippen molar-refractivity contribution >= 4 is 11.9 Å². The van der Waals surface area contributed by atoms with Crippen LogP contribution in [0.3, 0.4) is 0 Å². The lowest BCUT2D eigenvalue weighted by molar-refractivity contribution is -0.123. The number of piperidine rings is 1. The van der Waals surface area contributed by atoms with Gasteiger partial charge in [-0.2, -0.15) is 0 Å². The first-order valence-electron chi connectivity index (χ1n) is 8.18. The van der Waals surface area contributed by atoms with E-state index in [9.17, 15) is 9.59 Å². The smallest absolute Gasteiger partial charge is 0.410 e. The fourth-order valence-corrected chi connectivity index (χ4v) is 2.94. The van der Waals surface area contributed by atoms with Gasteiger partial charge in [0, 0.05) is 12.5 Å². The van der Waals surface area contributed by atoms with Crippen molar-refractivity contribution in [3.63, 3.8) is 0 Å². The van der Waals surface area contributed by atoms with Crippen molar-refractivity contribution in [2.45, 2.75) is 25.9 Å². The van der Waals surface area contributed by atoms with Gasteiger partial charge in [-0.1, -0.05) is 60.2 Å². The van der Waals surface area contributed by atoms with Gasteiger partial charge in [0.2, 0.25) is 0 Å². The molecule has 0 aromatic heterocycles. The summed E-state index contributed by atoms with van der Waals surface area (Å²) < 4.78 is 5.31. The van der Waals surface area contributed by atoms with Crippen molar-refractivity contribution in [3.05, 3.63) is 71.3 Å². The quantitative estimate of drug-likeness (QED) is 0.865. The highest BCUT2D eigenvalue weighted by atomic mass is 16.6. The Morgan fingerprint density at radius 3 is 2.50 bits per heavy atom. The summed E-state index contributed by atoms with van der Waals surface area (Å²) in [5.74, 6) is -0.0504. The number of aryl methyl sites for hydroxylation is 1. The van der Waals surface area contributed by atoms with E-state index in [1.54, 1.807) is 0 Å². The Morgan fingerprint density at radius 2 is 1.83 bits per heavy atom. The molecular weight excluding hydrogens is 302 g/mol. The first kappa shape index (κ1) is 16.2. The molecule has 1 fully saturated rings. The van der Waals surface area contributed by atoms with Gasteiger partial charge in [0.1, 0.15) is 6.61 Å². The number of amides is 1. The second-order valence-corrected chi connectivity index (χ2v) is 6.18. The minimum atomic E-state index is -0.422. The van der Waals surface area contributed by atoms with Gasteiger partial charge in [0.15, 0.2) is 5.78 Å². The van der Waals surface area contributed by atoms with E-state index in [1.165, 1.54) is 10.5 Å². The molecule has 4 heteroatoms. The number of carbonyl (C=O) groups excluding carboxylic acids is 2. The largest absolute Gasteiger partial charge is 0.445 e. The van der Waals surface area contributed by atoms with Crippen molar-refractivity contribution < 1.29 is 14.3 Å². The molecule has 124 valence electrons. The Kier molecular flexibility index (Phi) is 4.94. The lowest BCUT2D eigenvalue weighted by Crippen LogP contribution is -2.43. The molecule has 1 unspecified atom stereocenters. The standard InChI is InChI=1S/C20H21NO3/c1-15-7-9-17(10-8-15)18-11-12-21(13-19(18)22)20(23)24-14-16-5-3-2-4-6-16/h2-10,18H,11-14H2,1H3. The molecule has 0 N–H and O–H groups in total. The van der Waals surface area contributed by atoms with E-state index in [4.69, 9.17) is 4.74 Å². The highest BCUT2D eigenvalue weighted by molar-refractivity contribution is 5.90. The van der Waals surface area contributed by atoms with Gasteiger partial charge in [-0.3, -0.25) is 4.79 Å². The monoisotopic (exact) mass is 323 g/mol. The average molecular weight is 323 g/mol. The maximum absolute atomic E-state index is 12.4. The van der Waals surface area contributed by atoms with Crippen LogP contribution in [0, 0.1) is 6.92 Å². The molecule has 0 bridgehead atoms. The van der Waals surface area contributed by atoms with Gasteiger partial charge in [0.25, 0.3) is 0 Å². The zero-order valence-electron chi connectivity index (χ0n) is 13.8. The van der Waals surface area contributed by atoms with E-state index in [-0.39, 0.29) is 24.9 Å². The highest BCUT2D eigenvalue weighted by Crippen LogP contribution is 2.26. The van der Waals surface area contributed by atoms with Crippen LogP contribution < -0.4 is 0 Å². The van der Waals surface area contributed by atoms with Crippen LogP contribution in [0.15, 0.2) is 54.6 Å². The van der Waals surface area contributed by atoms with Gasteiger partial charge in [-0.25, -0.2) is 4.79 Å². The van der Waals surface area contributed by atoms with Gasteiger partial charge in [0.05, 0.1) is 6.54 Å². The number of nitrogens with zero attached hydrogens (tertiary/aromatic N) is 1. The topological polar surface area (TPSA) is 46.6 Å². The Labute approximate surface area is 142 Å². The molecule has 3 rings (SSSR count). The number of rotatable bonds is 3. The summed E-state index contributed by atoms with van der Waals surface area (Å²) in [6.45, 7) is 2.91. The summed E-state index contributed by atoms with van der Waals surface area (Å²) in [6, 6.07) is 17.6. The molecule has 1 aliphatic heterocycles. The Morgan fingerprint density at radius 1 is 1.12 bits per heavy atom. The molecule has 0 saturated carbocycles. The van der Waals surface area contributed by atoms with E-state index >= 15 is 0 Å². The third-order valence-corrected chi connectivity index (χ3v) is 4.37. The Bertz CT molecular complexity index is 709. The summed E-state index contributed by atoms with van der Waals surface area (Å²) in [5.41, 5.74) is 3.14. The number of hydrogen-bond acceptors (Lipinski definition) is 3. The van der Waals surface area contributed by atoms with E-state index in [0.29, 0.717) is 13.0 Å². The van der Waals surface area contributed by atoms with Crippen LogP contribution >= 0.6 is 0 Å².